The van der Waals surface area contributed by atoms with Gasteiger partial charge in [0.15, 0.2) is 24.8 Å². The standard InChI is InChI=1S/C10H12N2O2.C10H10N2O.2C5H5N.2CH4O3S/c1-7(13)5-10(14)12-9-4-2-3-8(11)6-9;1-6-4-10(13)12-9-5-7(11)2-3-8(6)9;2*1-2-4-6-5-3-1;1-5(2,3)4;1-4-5(2)3/h2-4,6H,5,11H2,1H3,(H,12,14);2-5H,11H2,1H3,(H,12,13);2*1-5H;1H3,(H,2,3,4);1H3,(H,2,3)/p+1. The van der Waals surface area contributed by atoms with E-state index < -0.39 is 21.5 Å². The molecule has 3 aromatic heterocycles. The Morgan fingerprint density at radius 3 is 1.80 bits per heavy atom. The minimum absolute atomic E-state index is 0.0874. The fraction of sp³-hybridized carbons (Fsp3) is 0.156. The molecule has 0 aliphatic rings. The Morgan fingerprint density at radius 2 is 1.41 bits per heavy atom. The second-order valence-electron chi connectivity index (χ2n) is 9.43. The average molecular weight is 718 g/mol. The summed E-state index contributed by atoms with van der Waals surface area (Å²) < 4.78 is 47.8. The molecule has 0 aliphatic carbocycles. The van der Waals surface area contributed by atoms with E-state index in [1.54, 1.807) is 36.4 Å². The number of carbonyl (C=O) groups is 2. The van der Waals surface area contributed by atoms with Crippen LogP contribution in [0.25, 0.3) is 10.9 Å². The van der Waals surface area contributed by atoms with Gasteiger partial charge >= 0.3 is 0 Å². The summed E-state index contributed by atoms with van der Waals surface area (Å²) in [6.07, 6.45) is 8.11. The zero-order chi connectivity index (χ0) is 37.2. The van der Waals surface area contributed by atoms with Crippen molar-refractivity contribution in [2.45, 2.75) is 20.3 Å². The van der Waals surface area contributed by atoms with Crippen LogP contribution in [0.3, 0.4) is 0 Å². The highest BCUT2D eigenvalue weighted by molar-refractivity contribution is 7.85. The molecule has 2 aromatic carbocycles. The molecule has 0 saturated heterocycles. The number of benzene rings is 2. The first kappa shape index (κ1) is 43.7. The number of amides is 1. The molecule has 9 N–H and O–H groups in total. The predicted molar refractivity (Wildman–Crippen MR) is 188 cm³/mol. The van der Waals surface area contributed by atoms with Crippen molar-refractivity contribution in [2.75, 3.05) is 30.1 Å². The molecule has 49 heavy (non-hydrogen) atoms. The fourth-order valence-corrected chi connectivity index (χ4v) is 3.18. The van der Waals surface area contributed by atoms with E-state index in [0.717, 1.165) is 23.6 Å². The van der Waals surface area contributed by atoms with Crippen molar-refractivity contribution in [3.05, 3.63) is 126 Å². The van der Waals surface area contributed by atoms with Gasteiger partial charge in [0.1, 0.15) is 5.78 Å². The number of rotatable bonds is 4. The molecular weight excluding hydrogens is 677 g/mol. The second-order valence-corrected chi connectivity index (χ2v) is 11.6. The third kappa shape index (κ3) is 26.4. The number of aryl methyl sites for hydroxylation is 1. The number of ketones is 1. The van der Waals surface area contributed by atoms with E-state index in [4.69, 9.17) is 24.8 Å². The summed E-state index contributed by atoms with van der Waals surface area (Å²) in [5.41, 5.74) is 14.6. The van der Waals surface area contributed by atoms with E-state index in [-0.39, 0.29) is 23.7 Å². The maximum absolute atomic E-state index is 11.2. The number of nitrogen functional groups attached to an aromatic ring is 2. The van der Waals surface area contributed by atoms with Gasteiger partial charge in [-0.3, -0.25) is 18.9 Å². The summed E-state index contributed by atoms with van der Waals surface area (Å²) in [6.45, 7) is 3.28. The van der Waals surface area contributed by atoms with E-state index in [9.17, 15) is 22.8 Å². The van der Waals surface area contributed by atoms with Gasteiger partial charge in [-0.15, -0.1) is 0 Å². The van der Waals surface area contributed by atoms with Crippen molar-refractivity contribution in [3.8, 4) is 0 Å². The van der Waals surface area contributed by atoms with Gasteiger partial charge in [0.2, 0.25) is 11.5 Å². The first-order valence-electron chi connectivity index (χ1n) is 13.9. The lowest BCUT2D eigenvalue weighted by Crippen LogP contribution is -2.14. The number of nitrogens with one attached hydrogen (secondary N) is 4. The first-order valence-corrected chi connectivity index (χ1v) is 16.8. The van der Waals surface area contributed by atoms with Gasteiger partial charge in [0.25, 0.3) is 10.1 Å². The summed E-state index contributed by atoms with van der Waals surface area (Å²) in [5.74, 6) is -0.477. The monoisotopic (exact) mass is 717 g/mol. The van der Waals surface area contributed by atoms with Gasteiger partial charge in [0, 0.05) is 52.8 Å². The summed E-state index contributed by atoms with van der Waals surface area (Å²) in [4.78, 5) is 41.4. The molecule has 0 radical (unpaired) electrons. The molecule has 1 atom stereocenters. The Balaban J connectivity index is 0.000000600. The lowest BCUT2D eigenvalue weighted by Gasteiger charge is -2.03. The average Bonchev–Trinajstić information content (AvgIpc) is 3.02. The molecular formula is C32H41N6O9S2+. The van der Waals surface area contributed by atoms with Crippen molar-refractivity contribution < 1.29 is 45.5 Å². The van der Waals surface area contributed by atoms with Crippen LogP contribution < -0.4 is 32.3 Å². The number of Topliss-reactive ketones (excluding diaryl/α,β-unsaturated/α-hetero) is 1. The highest BCUT2D eigenvalue weighted by Gasteiger charge is 2.05. The molecule has 15 nitrogen and oxygen atoms in total. The van der Waals surface area contributed by atoms with Crippen molar-refractivity contribution in [1.82, 2.24) is 4.98 Å². The van der Waals surface area contributed by atoms with Gasteiger partial charge in [-0.1, -0.05) is 24.3 Å². The predicted octanol–water partition coefficient (Wildman–Crippen LogP) is 2.54. The van der Waals surface area contributed by atoms with E-state index in [1.807, 2.05) is 80.2 Å². The van der Waals surface area contributed by atoms with Crippen molar-refractivity contribution in [3.63, 3.8) is 0 Å². The van der Waals surface area contributed by atoms with Gasteiger partial charge in [-0.05, 0) is 49.7 Å². The summed E-state index contributed by atoms with van der Waals surface area (Å²) >= 11 is -2.32. The number of H-pyrrole nitrogens is 3. The van der Waals surface area contributed by atoms with Crippen LogP contribution in [0.1, 0.15) is 18.9 Å². The Morgan fingerprint density at radius 1 is 0.918 bits per heavy atom. The highest BCUT2D eigenvalue weighted by Crippen LogP contribution is 2.16. The SMILES string of the molecule is CC(=O)CC(=O)Nc1cccc(N)c1.COS(=O)[O-].CS(=O)(=O)O.Cc1cc(=O)[nH]c2cc(N)ccc12.c1cc[nH+]cc1.c1cc[nH+]cc1. The zero-order valence-electron chi connectivity index (χ0n) is 27.3. The van der Waals surface area contributed by atoms with Crippen LogP contribution in [0.2, 0.25) is 0 Å². The van der Waals surface area contributed by atoms with Crippen molar-refractivity contribution in [1.29, 1.82) is 0 Å². The number of aromatic nitrogens is 3. The minimum atomic E-state index is -3.67. The molecule has 17 heteroatoms. The van der Waals surface area contributed by atoms with E-state index >= 15 is 0 Å². The molecule has 0 fully saturated rings. The molecule has 0 spiro atoms. The Bertz CT molecular complexity index is 1780. The van der Waals surface area contributed by atoms with Gasteiger partial charge in [0.05, 0.1) is 36.7 Å². The molecule has 0 saturated carbocycles. The molecule has 5 rings (SSSR count). The van der Waals surface area contributed by atoms with Crippen LogP contribution in [-0.4, -0.2) is 51.8 Å². The van der Waals surface area contributed by atoms with E-state index in [1.165, 1.54) is 6.92 Å². The third-order valence-electron chi connectivity index (χ3n) is 5.00. The van der Waals surface area contributed by atoms with Crippen LogP contribution in [-0.2, 0) is 35.3 Å². The zero-order valence-corrected chi connectivity index (χ0v) is 28.9. The van der Waals surface area contributed by atoms with Gasteiger partial charge in [-0.2, -0.15) is 8.42 Å². The maximum Gasteiger partial charge on any atom is 0.261 e. The number of fused-ring (bicyclic) bond motifs is 1. The van der Waals surface area contributed by atoms with E-state index in [2.05, 4.69) is 24.5 Å². The molecule has 5 aromatic rings. The molecule has 264 valence electrons. The molecule has 1 amide bonds. The van der Waals surface area contributed by atoms with Crippen LogP contribution >= 0.6 is 0 Å². The lowest BCUT2D eigenvalue weighted by molar-refractivity contribution is -0.378. The number of carbonyl (C=O) groups excluding carboxylic acids is 2. The fourth-order valence-electron chi connectivity index (χ4n) is 3.18. The van der Waals surface area contributed by atoms with Crippen LogP contribution in [0, 0.1) is 6.92 Å². The van der Waals surface area contributed by atoms with Crippen LogP contribution in [0.5, 0.6) is 0 Å². The number of hydrogen-bond acceptors (Lipinski definition) is 10. The minimum Gasteiger partial charge on any atom is -0.750 e. The Kier molecular flexibility index (Phi) is 22.1. The second kappa shape index (κ2) is 24.8. The number of aromatic amines is 3. The van der Waals surface area contributed by atoms with Crippen LogP contribution in [0.15, 0.2) is 115 Å². The molecule has 3 heterocycles. The quantitative estimate of drug-likeness (QED) is 0.0780. The topological polar surface area (TPSA) is 263 Å². The largest absolute Gasteiger partial charge is 0.750 e. The van der Waals surface area contributed by atoms with Gasteiger partial charge < -0.3 is 30.5 Å². The number of hydrogen-bond donors (Lipinski definition) is 5. The summed E-state index contributed by atoms with van der Waals surface area (Å²) in [6, 6.07) is 25.6. The highest BCUT2D eigenvalue weighted by atomic mass is 32.2. The number of nitrogens with two attached hydrogens (primary N) is 2. The first-order chi connectivity index (χ1) is 23.0. The maximum atomic E-state index is 11.2. The smallest absolute Gasteiger partial charge is 0.261 e. The molecule has 0 aliphatic heterocycles. The number of pyridine rings is 3. The normalized spacial score (nSPS) is 10.2. The third-order valence-corrected chi connectivity index (χ3v) is 5.28. The lowest BCUT2D eigenvalue weighted by atomic mass is 10.1. The Hall–Kier alpha value is -5.33. The summed E-state index contributed by atoms with van der Waals surface area (Å²) in [5, 5.41) is 3.61. The molecule has 0 bridgehead atoms. The number of anilines is 3. The molecule has 1 unspecified atom stereocenters. The van der Waals surface area contributed by atoms with Crippen molar-refractivity contribution >= 4 is 61.1 Å². The van der Waals surface area contributed by atoms with Crippen LogP contribution in [0.4, 0.5) is 17.1 Å². The van der Waals surface area contributed by atoms with Gasteiger partial charge in [-0.25, -0.2) is 14.2 Å². The summed E-state index contributed by atoms with van der Waals surface area (Å²) in [7, 11) is -2.58. The van der Waals surface area contributed by atoms with Crippen molar-refractivity contribution in [2.24, 2.45) is 0 Å². The Labute approximate surface area is 287 Å². The van der Waals surface area contributed by atoms with E-state index in [0.29, 0.717) is 23.3 Å².